The number of hydrogen-bond donors (Lipinski definition) is 1. The van der Waals surface area contributed by atoms with Crippen molar-refractivity contribution in [1.82, 2.24) is 10.2 Å². The van der Waals surface area contributed by atoms with Gasteiger partial charge in [-0.2, -0.15) is 0 Å². The number of ether oxygens (including phenoxy) is 2. The molecular formula is C21H34N4O2. The Bertz CT molecular complexity index is 553. The quantitative estimate of drug-likeness (QED) is 0.430. The van der Waals surface area contributed by atoms with Crippen molar-refractivity contribution in [1.29, 1.82) is 0 Å². The van der Waals surface area contributed by atoms with Gasteiger partial charge in [-0.1, -0.05) is 18.2 Å². The third kappa shape index (κ3) is 6.40. The fourth-order valence-corrected chi connectivity index (χ4v) is 3.58. The molecule has 27 heavy (non-hydrogen) atoms. The molecule has 0 aliphatic carbocycles. The van der Waals surface area contributed by atoms with Crippen LogP contribution in [0.5, 0.6) is 0 Å². The van der Waals surface area contributed by atoms with E-state index in [0.29, 0.717) is 6.10 Å². The number of rotatable bonds is 8. The molecule has 6 nitrogen and oxygen atoms in total. The van der Waals surface area contributed by atoms with Crippen LogP contribution in [0.15, 0.2) is 35.3 Å². The Labute approximate surface area is 163 Å². The minimum atomic E-state index is 0.312. The normalized spacial score (nSPS) is 20.9. The Morgan fingerprint density at radius 1 is 1.22 bits per heavy atom. The molecular weight excluding hydrogens is 340 g/mol. The zero-order valence-corrected chi connectivity index (χ0v) is 16.6. The molecule has 2 aliphatic rings. The summed E-state index contributed by atoms with van der Waals surface area (Å²) in [6, 6.07) is 10.7. The maximum absolute atomic E-state index is 5.73. The fourth-order valence-electron chi connectivity index (χ4n) is 3.58. The summed E-state index contributed by atoms with van der Waals surface area (Å²) < 4.78 is 11.3. The standard InChI is InChI=1S/C21H34N4O2/c1-2-22-21(23-11-7-16-26-18-20-10-6-17-27-20)25-14-12-24(13-15-25)19-8-4-3-5-9-19/h3-5,8-9,20H,2,6-7,10-18H2,1H3,(H,22,23). The molecule has 0 saturated carbocycles. The van der Waals surface area contributed by atoms with Crippen LogP contribution >= 0.6 is 0 Å². The number of nitrogens with one attached hydrogen (secondary N) is 1. The van der Waals surface area contributed by atoms with Gasteiger partial charge in [-0.25, -0.2) is 0 Å². The fraction of sp³-hybridized carbons (Fsp3) is 0.667. The number of aliphatic imine (C=N–C) groups is 1. The van der Waals surface area contributed by atoms with Gasteiger partial charge < -0.3 is 24.6 Å². The highest BCUT2D eigenvalue weighted by Crippen LogP contribution is 2.15. The molecule has 3 rings (SSSR count). The van der Waals surface area contributed by atoms with Crippen molar-refractivity contribution in [2.24, 2.45) is 4.99 Å². The van der Waals surface area contributed by atoms with E-state index in [2.05, 4.69) is 52.4 Å². The summed E-state index contributed by atoms with van der Waals surface area (Å²) in [6.45, 7) is 10.2. The lowest BCUT2D eigenvalue weighted by Gasteiger charge is -2.37. The first-order chi connectivity index (χ1) is 13.4. The summed E-state index contributed by atoms with van der Waals surface area (Å²) in [5.41, 5.74) is 1.31. The Kier molecular flexibility index (Phi) is 8.24. The van der Waals surface area contributed by atoms with E-state index < -0.39 is 0 Å². The van der Waals surface area contributed by atoms with E-state index in [1.54, 1.807) is 0 Å². The molecule has 2 fully saturated rings. The van der Waals surface area contributed by atoms with Crippen molar-refractivity contribution in [2.45, 2.75) is 32.3 Å². The predicted octanol–water partition coefficient (Wildman–Crippen LogP) is 2.36. The van der Waals surface area contributed by atoms with Gasteiger partial charge in [0.2, 0.25) is 0 Å². The molecule has 1 aromatic rings. The highest BCUT2D eigenvalue weighted by Gasteiger charge is 2.19. The molecule has 0 amide bonds. The van der Waals surface area contributed by atoms with Crippen LogP contribution in [0.4, 0.5) is 5.69 Å². The highest BCUT2D eigenvalue weighted by atomic mass is 16.5. The Morgan fingerprint density at radius 3 is 2.74 bits per heavy atom. The van der Waals surface area contributed by atoms with Crippen LogP contribution in [0.1, 0.15) is 26.2 Å². The molecule has 0 bridgehead atoms. The number of benzene rings is 1. The minimum Gasteiger partial charge on any atom is -0.379 e. The van der Waals surface area contributed by atoms with Crippen molar-refractivity contribution in [3.8, 4) is 0 Å². The van der Waals surface area contributed by atoms with Crippen LogP contribution in [0.2, 0.25) is 0 Å². The smallest absolute Gasteiger partial charge is 0.194 e. The average molecular weight is 375 g/mol. The topological polar surface area (TPSA) is 49.3 Å². The number of para-hydroxylation sites is 1. The van der Waals surface area contributed by atoms with Crippen LogP contribution in [0.25, 0.3) is 0 Å². The number of piperazine rings is 1. The lowest BCUT2D eigenvalue weighted by Crippen LogP contribution is -2.52. The van der Waals surface area contributed by atoms with E-state index in [1.807, 2.05) is 0 Å². The van der Waals surface area contributed by atoms with Gasteiger partial charge in [0.25, 0.3) is 0 Å². The van der Waals surface area contributed by atoms with Gasteiger partial charge in [-0.05, 0) is 38.3 Å². The van der Waals surface area contributed by atoms with Crippen LogP contribution in [0.3, 0.4) is 0 Å². The van der Waals surface area contributed by atoms with E-state index in [9.17, 15) is 0 Å². The van der Waals surface area contributed by atoms with Crippen molar-refractivity contribution < 1.29 is 9.47 Å². The van der Waals surface area contributed by atoms with E-state index >= 15 is 0 Å². The summed E-state index contributed by atoms with van der Waals surface area (Å²) in [5.74, 6) is 1.03. The lowest BCUT2D eigenvalue weighted by atomic mass is 10.2. The minimum absolute atomic E-state index is 0.312. The molecule has 0 radical (unpaired) electrons. The molecule has 6 heteroatoms. The number of hydrogen-bond acceptors (Lipinski definition) is 4. The molecule has 150 valence electrons. The molecule has 1 unspecified atom stereocenters. The molecule has 2 heterocycles. The molecule has 2 aliphatic heterocycles. The predicted molar refractivity (Wildman–Crippen MR) is 111 cm³/mol. The molecule has 0 spiro atoms. The number of guanidine groups is 1. The van der Waals surface area contributed by atoms with Crippen LogP contribution in [-0.4, -0.2) is 76.1 Å². The molecule has 1 aromatic carbocycles. The monoisotopic (exact) mass is 374 g/mol. The van der Waals surface area contributed by atoms with Crippen molar-refractivity contribution >= 4 is 11.6 Å². The molecule has 1 atom stereocenters. The van der Waals surface area contributed by atoms with E-state index in [0.717, 1.165) is 77.9 Å². The van der Waals surface area contributed by atoms with E-state index in [1.165, 1.54) is 12.1 Å². The van der Waals surface area contributed by atoms with Crippen molar-refractivity contribution in [3.05, 3.63) is 30.3 Å². The first kappa shape index (κ1) is 20.0. The van der Waals surface area contributed by atoms with Crippen molar-refractivity contribution in [2.75, 3.05) is 64.0 Å². The summed E-state index contributed by atoms with van der Waals surface area (Å²) >= 11 is 0. The van der Waals surface area contributed by atoms with Crippen molar-refractivity contribution in [3.63, 3.8) is 0 Å². The third-order valence-electron chi connectivity index (χ3n) is 5.07. The van der Waals surface area contributed by atoms with Crippen LogP contribution < -0.4 is 10.2 Å². The number of anilines is 1. The zero-order chi connectivity index (χ0) is 18.7. The largest absolute Gasteiger partial charge is 0.379 e. The van der Waals surface area contributed by atoms with Gasteiger partial charge in [0.15, 0.2) is 5.96 Å². The van der Waals surface area contributed by atoms with Gasteiger partial charge in [-0.3, -0.25) is 4.99 Å². The Hall–Kier alpha value is -1.79. The average Bonchev–Trinajstić information content (AvgIpc) is 3.24. The first-order valence-corrected chi connectivity index (χ1v) is 10.4. The highest BCUT2D eigenvalue weighted by molar-refractivity contribution is 5.80. The van der Waals surface area contributed by atoms with Gasteiger partial charge in [-0.15, -0.1) is 0 Å². The Morgan fingerprint density at radius 2 is 2.04 bits per heavy atom. The lowest BCUT2D eigenvalue weighted by molar-refractivity contribution is 0.0170. The SMILES string of the molecule is CCNC(=NCCCOCC1CCCO1)N1CCN(c2ccccc2)CC1. The summed E-state index contributed by atoms with van der Waals surface area (Å²) in [6.07, 6.45) is 3.57. The number of nitrogens with zero attached hydrogens (tertiary/aromatic N) is 3. The van der Waals surface area contributed by atoms with Gasteiger partial charge in [0, 0.05) is 58.2 Å². The maximum Gasteiger partial charge on any atom is 0.194 e. The maximum atomic E-state index is 5.73. The first-order valence-electron chi connectivity index (χ1n) is 10.4. The van der Waals surface area contributed by atoms with Gasteiger partial charge in [0.1, 0.15) is 0 Å². The summed E-state index contributed by atoms with van der Waals surface area (Å²) in [5, 5.41) is 3.44. The molecule has 1 N–H and O–H groups in total. The second-order valence-electron chi connectivity index (χ2n) is 7.11. The summed E-state index contributed by atoms with van der Waals surface area (Å²) in [7, 11) is 0. The van der Waals surface area contributed by atoms with E-state index in [-0.39, 0.29) is 0 Å². The van der Waals surface area contributed by atoms with E-state index in [4.69, 9.17) is 14.5 Å². The zero-order valence-electron chi connectivity index (χ0n) is 16.6. The van der Waals surface area contributed by atoms with Crippen LogP contribution in [0, 0.1) is 0 Å². The van der Waals surface area contributed by atoms with Gasteiger partial charge >= 0.3 is 0 Å². The Balaban J connectivity index is 1.38. The summed E-state index contributed by atoms with van der Waals surface area (Å²) in [4.78, 5) is 9.62. The van der Waals surface area contributed by atoms with Gasteiger partial charge in [0.05, 0.1) is 12.7 Å². The van der Waals surface area contributed by atoms with Crippen LogP contribution in [-0.2, 0) is 9.47 Å². The molecule has 2 saturated heterocycles. The molecule has 0 aromatic heterocycles. The third-order valence-corrected chi connectivity index (χ3v) is 5.07. The second kappa shape index (κ2) is 11.1. The second-order valence-corrected chi connectivity index (χ2v) is 7.11.